The maximum Gasteiger partial charge on any atom is 0.193 e. The van der Waals surface area contributed by atoms with Crippen LogP contribution in [0.25, 0.3) is 0 Å². The van der Waals surface area contributed by atoms with Crippen molar-refractivity contribution >= 4 is 27.6 Å². The first-order chi connectivity index (χ1) is 7.56. The minimum atomic E-state index is -0.313. The van der Waals surface area contributed by atoms with Crippen molar-refractivity contribution in [2.45, 2.75) is 25.8 Å². The number of nitrogens with one attached hydrogen (secondary N) is 1. The summed E-state index contributed by atoms with van der Waals surface area (Å²) in [7, 11) is 0. The highest BCUT2D eigenvalue weighted by atomic mass is 79.9. The van der Waals surface area contributed by atoms with Gasteiger partial charge in [0, 0.05) is 5.69 Å². The summed E-state index contributed by atoms with van der Waals surface area (Å²) in [5.74, 6) is 0.0413. The van der Waals surface area contributed by atoms with E-state index in [0.717, 1.165) is 18.4 Å². The zero-order valence-corrected chi connectivity index (χ0v) is 10.5. The number of nitrogens with zero attached hydrogens (tertiary/aromatic N) is 1. The maximum atomic E-state index is 13.3. The van der Waals surface area contributed by atoms with E-state index in [-0.39, 0.29) is 5.82 Å². The van der Waals surface area contributed by atoms with Crippen LogP contribution < -0.4 is 11.1 Å². The zero-order valence-electron chi connectivity index (χ0n) is 8.93. The number of anilines is 1. The van der Waals surface area contributed by atoms with E-state index in [9.17, 15) is 4.39 Å². The summed E-state index contributed by atoms with van der Waals surface area (Å²) in [4.78, 5) is 4.23. The van der Waals surface area contributed by atoms with Gasteiger partial charge < -0.3 is 11.1 Å². The molecule has 3 N–H and O–H groups in total. The van der Waals surface area contributed by atoms with Crippen molar-refractivity contribution in [2.75, 3.05) is 5.32 Å². The highest BCUT2D eigenvalue weighted by molar-refractivity contribution is 9.10. The first-order valence-corrected chi connectivity index (χ1v) is 5.91. The Morgan fingerprint density at radius 1 is 1.56 bits per heavy atom. The van der Waals surface area contributed by atoms with Crippen molar-refractivity contribution in [1.29, 1.82) is 0 Å². The minimum absolute atomic E-state index is 0.313. The molecular weight excluding hydrogens is 273 g/mol. The maximum absolute atomic E-state index is 13.3. The lowest BCUT2D eigenvalue weighted by Gasteiger charge is -2.09. The fraction of sp³-hybridized carbons (Fsp3) is 0.364. The highest BCUT2D eigenvalue weighted by Crippen LogP contribution is 2.25. The minimum Gasteiger partial charge on any atom is -0.370 e. The molecule has 0 spiro atoms. The summed E-state index contributed by atoms with van der Waals surface area (Å²) >= 11 is 3.13. The van der Waals surface area contributed by atoms with Gasteiger partial charge in [-0.05, 0) is 53.4 Å². The average Bonchev–Trinajstić information content (AvgIpc) is 2.98. The second kappa shape index (κ2) is 4.41. The molecule has 1 fully saturated rings. The molecule has 0 atom stereocenters. The highest BCUT2D eigenvalue weighted by Gasteiger charge is 2.20. The molecule has 1 aromatic carbocycles. The Morgan fingerprint density at radius 3 is 2.88 bits per heavy atom. The lowest BCUT2D eigenvalue weighted by molar-refractivity contribution is 0.621. The van der Waals surface area contributed by atoms with E-state index in [4.69, 9.17) is 5.73 Å². The molecule has 0 aromatic heterocycles. The normalized spacial score (nSPS) is 16.3. The first kappa shape index (κ1) is 11.4. The molecule has 3 nitrogen and oxygen atoms in total. The summed E-state index contributed by atoms with van der Waals surface area (Å²) in [6.07, 6.45) is 2.19. The van der Waals surface area contributed by atoms with E-state index in [0.29, 0.717) is 22.2 Å². The van der Waals surface area contributed by atoms with Crippen molar-refractivity contribution in [3.63, 3.8) is 0 Å². The van der Waals surface area contributed by atoms with Gasteiger partial charge in [-0.3, -0.25) is 0 Å². The van der Waals surface area contributed by atoms with Crippen LogP contribution in [0.5, 0.6) is 0 Å². The topological polar surface area (TPSA) is 50.4 Å². The Hall–Kier alpha value is -1.10. The van der Waals surface area contributed by atoms with Crippen molar-refractivity contribution in [3.05, 3.63) is 28.0 Å². The van der Waals surface area contributed by atoms with E-state index in [2.05, 4.69) is 26.2 Å². The van der Waals surface area contributed by atoms with E-state index < -0.39 is 0 Å². The molecule has 0 bridgehead atoms. The van der Waals surface area contributed by atoms with Gasteiger partial charge in [0.1, 0.15) is 5.82 Å². The van der Waals surface area contributed by atoms with Gasteiger partial charge >= 0.3 is 0 Å². The number of hydrogen-bond acceptors (Lipinski definition) is 1. The van der Waals surface area contributed by atoms with Crippen molar-refractivity contribution in [2.24, 2.45) is 10.7 Å². The van der Waals surface area contributed by atoms with Crippen LogP contribution in [-0.4, -0.2) is 12.0 Å². The third kappa shape index (κ3) is 2.72. The lowest BCUT2D eigenvalue weighted by Crippen LogP contribution is -2.23. The number of nitrogens with two attached hydrogens (primary N) is 1. The van der Waals surface area contributed by atoms with Gasteiger partial charge in [-0.15, -0.1) is 0 Å². The molecule has 16 heavy (non-hydrogen) atoms. The molecule has 0 aliphatic heterocycles. The number of rotatable bonds is 2. The van der Waals surface area contributed by atoms with Crippen molar-refractivity contribution in [1.82, 2.24) is 0 Å². The summed E-state index contributed by atoms with van der Waals surface area (Å²) in [5.41, 5.74) is 7.28. The number of benzene rings is 1. The van der Waals surface area contributed by atoms with Crippen LogP contribution in [0.2, 0.25) is 0 Å². The molecule has 0 heterocycles. The second-order valence-electron chi connectivity index (χ2n) is 3.95. The lowest BCUT2D eigenvalue weighted by atomic mass is 10.2. The molecule has 1 aliphatic rings. The summed E-state index contributed by atoms with van der Waals surface area (Å²) < 4.78 is 13.8. The van der Waals surface area contributed by atoms with Gasteiger partial charge in [0.2, 0.25) is 0 Å². The Balaban J connectivity index is 2.17. The van der Waals surface area contributed by atoms with Gasteiger partial charge in [-0.2, -0.15) is 0 Å². The van der Waals surface area contributed by atoms with Crippen LogP contribution in [0.4, 0.5) is 10.1 Å². The second-order valence-corrected chi connectivity index (χ2v) is 4.81. The van der Waals surface area contributed by atoms with E-state index in [1.165, 1.54) is 6.07 Å². The zero-order chi connectivity index (χ0) is 11.7. The van der Waals surface area contributed by atoms with Crippen molar-refractivity contribution in [3.8, 4) is 0 Å². The number of hydrogen-bond donors (Lipinski definition) is 2. The molecule has 1 aromatic rings. The molecule has 86 valence electrons. The Bertz CT molecular complexity index is 441. The molecule has 0 radical (unpaired) electrons. The molecule has 0 saturated heterocycles. The first-order valence-electron chi connectivity index (χ1n) is 5.12. The van der Waals surface area contributed by atoms with Gasteiger partial charge in [-0.25, -0.2) is 9.38 Å². The monoisotopic (exact) mass is 285 g/mol. The average molecular weight is 286 g/mol. The third-order valence-corrected chi connectivity index (χ3v) is 3.01. The Kier molecular flexibility index (Phi) is 3.14. The molecule has 1 aliphatic carbocycles. The van der Waals surface area contributed by atoms with Gasteiger partial charge in [0.05, 0.1) is 10.5 Å². The molecule has 0 amide bonds. The molecule has 0 unspecified atom stereocenters. The van der Waals surface area contributed by atoms with E-state index in [1.807, 2.05) is 6.92 Å². The fourth-order valence-corrected chi connectivity index (χ4v) is 1.81. The van der Waals surface area contributed by atoms with Gasteiger partial charge in [-0.1, -0.05) is 0 Å². The van der Waals surface area contributed by atoms with Crippen molar-refractivity contribution < 1.29 is 4.39 Å². The largest absolute Gasteiger partial charge is 0.370 e. The third-order valence-electron chi connectivity index (χ3n) is 2.40. The van der Waals surface area contributed by atoms with Gasteiger partial charge in [0.15, 0.2) is 5.96 Å². The summed E-state index contributed by atoms with van der Waals surface area (Å²) in [5, 5.41) is 2.92. The molecule has 1 saturated carbocycles. The quantitative estimate of drug-likeness (QED) is 0.649. The summed E-state index contributed by atoms with van der Waals surface area (Å²) in [6.45, 7) is 1.89. The number of aryl methyl sites for hydroxylation is 1. The smallest absolute Gasteiger partial charge is 0.193 e. The fourth-order valence-electron chi connectivity index (χ4n) is 1.35. The Labute approximate surface area is 102 Å². The van der Waals surface area contributed by atoms with E-state index >= 15 is 0 Å². The van der Waals surface area contributed by atoms with Crippen LogP contribution in [0.15, 0.2) is 21.6 Å². The van der Waals surface area contributed by atoms with E-state index in [1.54, 1.807) is 6.07 Å². The predicted octanol–water partition coefficient (Wildman–Crippen LogP) is 2.79. The van der Waals surface area contributed by atoms with Gasteiger partial charge in [0.25, 0.3) is 0 Å². The molecular formula is C11H13BrFN3. The van der Waals surface area contributed by atoms with Crippen LogP contribution in [0, 0.1) is 12.7 Å². The molecule has 5 heteroatoms. The van der Waals surface area contributed by atoms with Crippen LogP contribution >= 0.6 is 15.9 Å². The summed E-state index contributed by atoms with van der Waals surface area (Å²) in [6, 6.07) is 3.48. The van der Waals surface area contributed by atoms with Crippen LogP contribution in [-0.2, 0) is 0 Å². The SMILES string of the molecule is Cc1cc(Br)c(F)cc1NC(N)=NC1CC1. The number of guanidine groups is 1. The van der Waals surface area contributed by atoms with Crippen LogP contribution in [0.3, 0.4) is 0 Å². The number of aliphatic imine (C=N–C) groups is 1. The van der Waals surface area contributed by atoms with Crippen LogP contribution in [0.1, 0.15) is 18.4 Å². The molecule has 2 rings (SSSR count). The Morgan fingerprint density at radius 2 is 2.25 bits per heavy atom. The number of halogens is 2. The predicted molar refractivity (Wildman–Crippen MR) is 67.1 cm³/mol. The standard InChI is InChI=1S/C11H13BrFN3/c1-6-4-8(12)9(13)5-10(6)16-11(14)15-7-2-3-7/h4-5,7H,2-3H2,1H3,(H3,14,15,16).